The predicted molar refractivity (Wildman–Crippen MR) is 89.9 cm³/mol. The molecule has 21 heavy (non-hydrogen) atoms. The molecule has 0 saturated heterocycles. The Bertz CT molecular complexity index is 445. The normalized spacial score (nSPS) is 10.2. The topological polar surface area (TPSA) is 50.4 Å². The number of benzene rings is 1. The molecule has 0 fully saturated rings. The minimum absolute atomic E-state index is 0. The van der Waals surface area contributed by atoms with E-state index in [4.69, 9.17) is 27.9 Å². The molecule has 0 bridgehead atoms. The fourth-order valence-corrected chi connectivity index (χ4v) is 2.03. The number of rotatable bonds is 7. The van der Waals surface area contributed by atoms with Gasteiger partial charge in [-0.1, -0.05) is 36.5 Å². The minimum atomic E-state index is -0.289. The second kappa shape index (κ2) is 10.1. The number of carbonyl (C=O) groups excluding carboxylic acids is 1. The van der Waals surface area contributed by atoms with Crippen LogP contribution in [0, 0.1) is 0 Å². The van der Waals surface area contributed by atoms with Crippen LogP contribution in [0.25, 0.3) is 0 Å². The molecule has 0 spiro atoms. The van der Waals surface area contributed by atoms with Crippen molar-refractivity contribution in [1.29, 1.82) is 0 Å². The lowest BCUT2D eigenvalue weighted by Crippen LogP contribution is -2.41. The Morgan fingerprint density at radius 3 is 2.33 bits per heavy atom. The summed E-state index contributed by atoms with van der Waals surface area (Å²) in [5.41, 5.74) is 5.78. The van der Waals surface area contributed by atoms with Gasteiger partial charge in [-0.3, -0.25) is 10.2 Å². The monoisotopic (exact) mass is 354 g/mol. The van der Waals surface area contributed by atoms with Crippen LogP contribution in [-0.4, -0.2) is 18.6 Å². The van der Waals surface area contributed by atoms with Crippen LogP contribution in [0.1, 0.15) is 44.0 Å². The summed E-state index contributed by atoms with van der Waals surface area (Å²) < 4.78 is 5.53. The van der Waals surface area contributed by atoms with Gasteiger partial charge in [0.15, 0.2) is 5.75 Å². The summed E-state index contributed by atoms with van der Waals surface area (Å²) in [6, 6.07) is 3.24. The highest BCUT2D eigenvalue weighted by atomic mass is 35.5. The van der Waals surface area contributed by atoms with Crippen molar-refractivity contribution in [2.45, 2.75) is 39.7 Å². The Morgan fingerprint density at radius 2 is 1.86 bits per heavy atom. The van der Waals surface area contributed by atoms with E-state index < -0.39 is 0 Å². The number of halogens is 3. The van der Waals surface area contributed by atoms with Crippen LogP contribution >= 0.6 is 35.6 Å². The zero-order chi connectivity index (χ0) is 15.1. The standard InChI is InChI=1S/C14H20Cl2N2O2.ClH/c1-4-5-6-20-13-11(15)7-10(8-12(13)16)14(19)18-17-9(2)3;/h7-9,17H,4-6H2,1-3H3,(H,18,19);1H. The number of amides is 1. The number of hydrogen-bond acceptors (Lipinski definition) is 3. The zero-order valence-electron chi connectivity index (χ0n) is 12.3. The highest BCUT2D eigenvalue weighted by Crippen LogP contribution is 2.34. The smallest absolute Gasteiger partial charge is 0.265 e. The summed E-state index contributed by atoms with van der Waals surface area (Å²) in [5, 5.41) is 0.673. The van der Waals surface area contributed by atoms with Crippen LogP contribution in [0.15, 0.2) is 12.1 Å². The Hall–Kier alpha value is -0.680. The Labute approximate surface area is 141 Å². The van der Waals surface area contributed by atoms with E-state index >= 15 is 0 Å². The second-order valence-corrected chi connectivity index (χ2v) is 5.54. The lowest BCUT2D eigenvalue weighted by Gasteiger charge is -2.13. The highest BCUT2D eigenvalue weighted by molar-refractivity contribution is 6.37. The Kier molecular flexibility index (Phi) is 9.79. The Morgan fingerprint density at radius 1 is 1.29 bits per heavy atom. The maximum Gasteiger partial charge on any atom is 0.265 e. The maximum absolute atomic E-state index is 11.9. The number of hydrogen-bond donors (Lipinski definition) is 2. The molecule has 4 nitrogen and oxygen atoms in total. The van der Waals surface area contributed by atoms with Crippen molar-refractivity contribution in [2.24, 2.45) is 0 Å². The summed E-state index contributed by atoms with van der Waals surface area (Å²) in [5.74, 6) is 0.137. The molecular formula is C14H21Cl3N2O2. The van der Waals surface area contributed by atoms with Gasteiger partial charge in [-0.05, 0) is 32.4 Å². The molecule has 0 heterocycles. The van der Waals surface area contributed by atoms with Crippen molar-refractivity contribution in [3.8, 4) is 5.75 Å². The van der Waals surface area contributed by atoms with Gasteiger partial charge >= 0.3 is 0 Å². The molecule has 1 aromatic rings. The van der Waals surface area contributed by atoms with Crippen molar-refractivity contribution in [3.63, 3.8) is 0 Å². The quantitative estimate of drug-likeness (QED) is 0.568. The number of ether oxygens (including phenoxy) is 1. The summed E-state index contributed by atoms with van der Waals surface area (Å²) in [4.78, 5) is 11.9. The van der Waals surface area contributed by atoms with Gasteiger partial charge in [-0.25, -0.2) is 5.43 Å². The molecule has 120 valence electrons. The average Bonchev–Trinajstić information content (AvgIpc) is 2.38. The molecule has 7 heteroatoms. The van der Waals surface area contributed by atoms with Crippen molar-refractivity contribution in [3.05, 3.63) is 27.7 Å². The first kappa shape index (κ1) is 20.3. The number of unbranched alkanes of at least 4 members (excludes halogenated alkanes) is 1. The van der Waals surface area contributed by atoms with Gasteiger partial charge in [0.1, 0.15) is 0 Å². The third-order valence-electron chi connectivity index (χ3n) is 2.48. The molecule has 0 radical (unpaired) electrons. The molecule has 1 rings (SSSR count). The van der Waals surface area contributed by atoms with Crippen LogP contribution in [0.4, 0.5) is 0 Å². The molecule has 0 aliphatic heterocycles. The van der Waals surface area contributed by atoms with E-state index in [1.807, 2.05) is 13.8 Å². The van der Waals surface area contributed by atoms with E-state index in [-0.39, 0.29) is 24.4 Å². The molecule has 0 aliphatic rings. The molecule has 1 aromatic carbocycles. The summed E-state index contributed by atoms with van der Waals surface area (Å²) in [6.45, 7) is 6.47. The lowest BCUT2D eigenvalue weighted by molar-refractivity contribution is 0.0927. The summed E-state index contributed by atoms with van der Waals surface area (Å²) in [6.07, 6.45) is 1.95. The van der Waals surface area contributed by atoms with Gasteiger partial charge in [0.2, 0.25) is 0 Å². The summed E-state index contributed by atoms with van der Waals surface area (Å²) >= 11 is 12.2. The largest absolute Gasteiger partial charge is 0.490 e. The second-order valence-electron chi connectivity index (χ2n) is 4.72. The predicted octanol–water partition coefficient (Wildman–Crippen LogP) is 4.24. The molecular weight excluding hydrogens is 335 g/mol. The molecule has 0 aliphatic carbocycles. The van der Waals surface area contributed by atoms with E-state index in [0.29, 0.717) is 28.0 Å². The van der Waals surface area contributed by atoms with Crippen molar-refractivity contribution >= 4 is 41.5 Å². The Balaban J connectivity index is 0.00000400. The van der Waals surface area contributed by atoms with Gasteiger partial charge in [0.05, 0.1) is 16.7 Å². The fourth-order valence-electron chi connectivity index (χ4n) is 1.43. The molecule has 0 atom stereocenters. The summed E-state index contributed by atoms with van der Waals surface area (Å²) in [7, 11) is 0. The van der Waals surface area contributed by atoms with Gasteiger partial charge in [-0.2, -0.15) is 0 Å². The fraction of sp³-hybridized carbons (Fsp3) is 0.500. The van der Waals surface area contributed by atoms with Crippen LogP contribution in [0.5, 0.6) is 5.75 Å². The van der Waals surface area contributed by atoms with Crippen LogP contribution < -0.4 is 15.6 Å². The number of carbonyl (C=O) groups is 1. The van der Waals surface area contributed by atoms with Gasteiger partial charge in [-0.15, -0.1) is 12.4 Å². The molecule has 0 saturated carbocycles. The van der Waals surface area contributed by atoms with Crippen molar-refractivity contribution in [1.82, 2.24) is 10.9 Å². The molecule has 0 aromatic heterocycles. The first-order valence-electron chi connectivity index (χ1n) is 6.63. The zero-order valence-corrected chi connectivity index (χ0v) is 14.7. The highest BCUT2D eigenvalue weighted by Gasteiger charge is 2.14. The first-order valence-corrected chi connectivity index (χ1v) is 7.39. The SMILES string of the molecule is CCCCOc1c(Cl)cc(C(=O)NNC(C)C)cc1Cl.Cl. The van der Waals surface area contributed by atoms with E-state index in [9.17, 15) is 4.79 Å². The molecule has 1 amide bonds. The third-order valence-corrected chi connectivity index (χ3v) is 3.04. The van der Waals surface area contributed by atoms with Crippen LogP contribution in [0.2, 0.25) is 10.0 Å². The van der Waals surface area contributed by atoms with Crippen LogP contribution in [0.3, 0.4) is 0 Å². The third kappa shape index (κ3) is 6.74. The lowest BCUT2D eigenvalue weighted by atomic mass is 10.2. The van der Waals surface area contributed by atoms with Crippen LogP contribution in [-0.2, 0) is 0 Å². The van der Waals surface area contributed by atoms with E-state index in [0.717, 1.165) is 12.8 Å². The van der Waals surface area contributed by atoms with Crippen molar-refractivity contribution < 1.29 is 9.53 Å². The van der Waals surface area contributed by atoms with Gasteiger partial charge < -0.3 is 4.74 Å². The van der Waals surface area contributed by atoms with E-state index in [1.165, 1.54) is 0 Å². The molecule has 2 N–H and O–H groups in total. The number of hydrazine groups is 1. The first-order chi connectivity index (χ1) is 9.45. The number of nitrogens with one attached hydrogen (secondary N) is 2. The van der Waals surface area contributed by atoms with E-state index in [1.54, 1.807) is 12.1 Å². The minimum Gasteiger partial charge on any atom is -0.490 e. The van der Waals surface area contributed by atoms with E-state index in [2.05, 4.69) is 17.8 Å². The van der Waals surface area contributed by atoms with Gasteiger partial charge in [0, 0.05) is 11.6 Å². The molecule has 0 unspecified atom stereocenters. The van der Waals surface area contributed by atoms with Gasteiger partial charge in [0.25, 0.3) is 5.91 Å². The average molecular weight is 356 g/mol. The van der Waals surface area contributed by atoms with Crippen molar-refractivity contribution in [2.75, 3.05) is 6.61 Å². The maximum atomic E-state index is 11.9.